The standard InChI is InChI=1S/C11H21N3O/c1-2-14-7-9(8-14)11(10(12)15)5-3-4-6-13-11/h9,13H,2-8H2,1H3,(H2,12,15). The van der Waals surface area contributed by atoms with E-state index in [2.05, 4.69) is 17.1 Å². The summed E-state index contributed by atoms with van der Waals surface area (Å²) in [6.07, 6.45) is 3.21. The van der Waals surface area contributed by atoms with Crippen molar-refractivity contribution < 1.29 is 4.79 Å². The molecule has 0 aliphatic carbocycles. The SMILES string of the molecule is CCN1CC(C2(C(N)=O)CCCCN2)C1. The van der Waals surface area contributed by atoms with Crippen LogP contribution in [0.4, 0.5) is 0 Å². The summed E-state index contributed by atoms with van der Waals surface area (Å²) in [5, 5.41) is 3.38. The van der Waals surface area contributed by atoms with Gasteiger partial charge in [-0.05, 0) is 32.4 Å². The molecular weight excluding hydrogens is 190 g/mol. The van der Waals surface area contributed by atoms with E-state index in [4.69, 9.17) is 5.73 Å². The van der Waals surface area contributed by atoms with Crippen LogP contribution in [0.2, 0.25) is 0 Å². The molecule has 2 fully saturated rings. The fraction of sp³-hybridized carbons (Fsp3) is 0.909. The molecule has 2 aliphatic rings. The van der Waals surface area contributed by atoms with Crippen molar-refractivity contribution in [3.63, 3.8) is 0 Å². The van der Waals surface area contributed by atoms with Crippen LogP contribution >= 0.6 is 0 Å². The first-order chi connectivity index (χ1) is 7.19. The first-order valence-corrected chi connectivity index (χ1v) is 5.96. The Hall–Kier alpha value is -0.610. The normalized spacial score (nSPS) is 33.7. The number of hydrogen-bond acceptors (Lipinski definition) is 3. The predicted octanol–water partition coefficient (Wildman–Crippen LogP) is -0.0643. The highest BCUT2D eigenvalue weighted by Crippen LogP contribution is 2.33. The van der Waals surface area contributed by atoms with Crippen molar-refractivity contribution in [2.45, 2.75) is 31.7 Å². The molecule has 0 aromatic carbocycles. The Kier molecular flexibility index (Phi) is 2.98. The smallest absolute Gasteiger partial charge is 0.238 e. The number of rotatable bonds is 3. The van der Waals surface area contributed by atoms with Gasteiger partial charge in [0.15, 0.2) is 0 Å². The summed E-state index contributed by atoms with van der Waals surface area (Å²) in [5.74, 6) is 0.276. The number of piperidine rings is 1. The van der Waals surface area contributed by atoms with Crippen LogP contribution in [0.25, 0.3) is 0 Å². The largest absolute Gasteiger partial charge is 0.368 e. The molecule has 0 saturated carbocycles. The number of carbonyl (C=O) groups excluding carboxylic acids is 1. The van der Waals surface area contributed by atoms with Gasteiger partial charge in [0.25, 0.3) is 0 Å². The molecule has 0 radical (unpaired) electrons. The lowest BCUT2D eigenvalue weighted by Gasteiger charge is -2.50. The van der Waals surface area contributed by atoms with Crippen LogP contribution in [0.15, 0.2) is 0 Å². The van der Waals surface area contributed by atoms with Crippen molar-refractivity contribution >= 4 is 5.91 Å². The molecule has 1 amide bonds. The second kappa shape index (κ2) is 4.10. The van der Waals surface area contributed by atoms with E-state index >= 15 is 0 Å². The Morgan fingerprint density at radius 2 is 2.27 bits per heavy atom. The number of primary amides is 1. The molecule has 0 bridgehead atoms. The van der Waals surface area contributed by atoms with Gasteiger partial charge in [0.05, 0.1) is 0 Å². The zero-order valence-corrected chi connectivity index (χ0v) is 9.46. The number of nitrogens with two attached hydrogens (primary N) is 1. The molecule has 2 rings (SSSR count). The summed E-state index contributed by atoms with van der Waals surface area (Å²) in [6, 6.07) is 0. The van der Waals surface area contributed by atoms with Crippen LogP contribution in [0.5, 0.6) is 0 Å². The molecule has 15 heavy (non-hydrogen) atoms. The zero-order chi connectivity index (χ0) is 10.9. The third-order valence-electron chi connectivity index (χ3n) is 3.98. The fourth-order valence-electron chi connectivity index (χ4n) is 2.83. The van der Waals surface area contributed by atoms with Gasteiger partial charge >= 0.3 is 0 Å². The van der Waals surface area contributed by atoms with E-state index in [1.54, 1.807) is 0 Å². The summed E-state index contributed by atoms with van der Waals surface area (Å²) in [7, 11) is 0. The summed E-state index contributed by atoms with van der Waals surface area (Å²) in [5.41, 5.74) is 5.18. The predicted molar refractivity (Wildman–Crippen MR) is 59.4 cm³/mol. The molecule has 1 atom stereocenters. The topological polar surface area (TPSA) is 58.4 Å². The fourth-order valence-corrected chi connectivity index (χ4v) is 2.83. The van der Waals surface area contributed by atoms with Crippen LogP contribution in [0, 0.1) is 5.92 Å². The Morgan fingerprint density at radius 3 is 2.73 bits per heavy atom. The number of carbonyl (C=O) groups is 1. The van der Waals surface area contributed by atoms with Crippen molar-refractivity contribution in [1.82, 2.24) is 10.2 Å². The molecule has 0 aromatic heterocycles. The van der Waals surface area contributed by atoms with E-state index in [0.717, 1.165) is 39.0 Å². The summed E-state index contributed by atoms with van der Waals surface area (Å²) >= 11 is 0. The van der Waals surface area contributed by atoms with Gasteiger partial charge < -0.3 is 16.0 Å². The number of nitrogens with one attached hydrogen (secondary N) is 1. The number of likely N-dealkylation sites (tertiary alicyclic amines) is 1. The van der Waals surface area contributed by atoms with Crippen LogP contribution in [0.3, 0.4) is 0 Å². The second-order valence-electron chi connectivity index (χ2n) is 4.77. The summed E-state index contributed by atoms with van der Waals surface area (Å²) in [4.78, 5) is 14.0. The Morgan fingerprint density at radius 1 is 1.53 bits per heavy atom. The minimum Gasteiger partial charge on any atom is -0.368 e. The first kappa shape index (κ1) is 10.9. The second-order valence-corrected chi connectivity index (χ2v) is 4.77. The molecule has 86 valence electrons. The van der Waals surface area contributed by atoms with E-state index in [0.29, 0.717) is 5.92 Å². The van der Waals surface area contributed by atoms with Crippen LogP contribution in [-0.4, -0.2) is 42.5 Å². The highest BCUT2D eigenvalue weighted by atomic mass is 16.1. The lowest BCUT2D eigenvalue weighted by atomic mass is 9.73. The van der Waals surface area contributed by atoms with Gasteiger partial charge in [0.1, 0.15) is 5.54 Å². The molecular formula is C11H21N3O. The molecule has 1 unspecified atom stereocenters. The average molecular weight is 211 g/mol. The minimum atomic E-state index is -0.399. The highest BCUT2D eigenvalue weighted by Gasteiger charge is 2.49. The zero-order valence-electron chi connectivity index (χ0n) is 9.46. The quantitative estimate of drug-likeness (QED) is 0.687. The molecule has 0 aromatic rings. The summed E-state index contributed by atoms with van der Waals surface area (Å²) < 4.78 is 0. The summed E-state index contributed by atoms with van der Waals surface area (Å²) in [6.45, 7) is 6.21. The maximum atomic E-state index is 11.6. The van der Waals surface area contributed by atoms with Crippen molar-refractivity contribution in [2.24, 2.45) is 11.7 Å². The van der Waals surface area contributed by atoms with Gasteiger partial charge in [0, 0.05) is 19.0 Å². The van der Waals surface area contributed by atoms with Crippen molar-refractivity contribution in [3.8, 4) is 0 Å². The lowest BCUT2D eigenvalue weighted by molar-refractivity contribution is -0.131. The van der Waals surface area contributed by atoms with E-state index < -0.39 is 5.54 Å². The molecule has 4 nitrogen and oxygen atoms in total. The monoisotopic (exact) mass is 211 g/mol. The lowest BCUT2D eigenvalue weighted by Crippen LogP contribution is -2.69. The Bertz CT molecular complexity index is 242. The maximum Gasteiger partial charge on any atom is 0.238 e. The third kappa shape index (κ3) is 1.76. The van der Waals surface area contributed by atoms with E-state index in [1.807, 2.05) is 0 Å². The van der Waals surface area contributed by atoms with Gasteiger partial charge in [-0.15, -0.1) is 0 Å². The molecule has 3 N–H and O–H groups in total. The van der Waals surface area contributed by atoms with Gasteiger partial charge in [-0.2, -0.15) is 0 Å². The molecule has 2 heterocycles. The highest BCUT2D eigenvalue weighted by molar-refractivity contribution is 5.85. The maximum absolute atomic E-state index is 11.6. The van der Waals surface area contributed by atoms with E-state index in [1.165, 1.54) is 6.42 Å². The molecule has 2 aliphatic heterocycles. The first-order valence-electron chi connectivity index (χ1n) is 5.96. The minimum absolute atomic E-state index is 0.150. The van der Waals surface area contributed by atoms with E-state index in [9.17, 15) is 4.79 Å². The average Bonchev–Trinajstić information content (AvgIpc) is 2.17. The van der Waals surface area contributed by atoms with Gasteiger partial charge in [-0.3, -0.25) is 4.79 Å². The van der Waals surface area contributed by atoms with Crippen molar-refractivity contribution in [3.05, 3.63) is 0 Å². The molecule has 4 heteroatoms. The number of hydrogen-bond donors (Lipinski definition) is 2. The van der Waals surface area contributed by atoms with Gasteiger partial charge in [-0.1, -0.05) is 6.92 Å². The molecule has 2 saturated heterocycles. The Balaban J connectivity index is 2.03. The van der Waals surface area contributed by atoms with Crippen molar-refractivity contribution in [2.75, 3.05) is 26.2 Å². The van der Waals surface area contributed by atoms with Gasteiger partial charge in [0.2, 0.25) is 5.91 Å². The van der Waals surface area contributed by atoms with Crippen LogP contribution < -0.4 is 11.1 Å². The molecule has 0 spiro atoms. The number of amides is 1. The van der Waals surface area contributed by atoms with Crippen LogP contribution in [0.1, 0.15) is 26.2 Å². The van der Waals surface area contributed by atoms with Crippen molar-refractivity contribution in [1.29, 1.82) is 0 Å². The van der Waals surface area contributed by atoms with E-state index in [-0.39, 0.29) is 5.91 Å². The van der Waals surface area contributed by atoms with Crippen LogP contribution in [-0.2, 0) is 4.79 Å². The number of nitrogens with zero attached hydrogens (tertiary/aromatic N) is 1. The van der Waals surface area contributed by atoms with Gasteiger partial charge in [-0.25, -0.2) is 0 Å². The Labute approximate surface area is 91.2 Å². The third-order valence-corrected chi connectivity index (χ3v) is 3.98.